The largest absolute Gasteiger partial charge is 0.497 e. The predicted octanol–water partition coefficient (Wildman–Crippen LogP) is 2.93. The Morgan fingerprint density at radius 2 is 1.96 bits per heavy atom. The quantitative estimate of drug-likeness (QED) is 0.678. The predicted molar refractivity (Wildman–Crippen MR) is 99.8 cm³/mol. The van der Waals surface area contributed by atoms with Crippen molar-refractivity contribution >= 4 is 5.91 Å². The van der Waals surface area contributed by atoms with Crippen LogP contribution in [0.5, 0.6) is 5.75 Å². The summed E-state index contributed by atoms with van der Waals surface area (Å²) in [6, 6.07) is 7.97. The van der Waals surface area contributed by atoms with Crippen LogP contribution in [0.3, 0.4) is 0 Å². The molecule has 5 heteroatoms. The Kier molecular flexibility index (Phi) is 8.22. The molecule has 1 aliphatic heterocycles. The molecule has 0 spiro atoms. The van der Waals surface area contributed by atoms with Crippen LogP contribution in [-0.4, -0.2) is 62.7 Å². The Morgan fingerprint density at radius 1 is 1.20 bits per heavy atom. The third kappa shape index (κ3) is 6.01. The zero-order valence-electron chi connectivity index (χ0n) is 15.9. The SMILES string of the molecule is COCCCN(Cc1ccc(OC)cc1)C(=O)C1CCCCCN1C. The molecule has 0 aromatic heterocycles. The number of nitrogens with zero attached hydrogens (tertiary/aromatic N) is 2. The van der Waals surface area contributed by atoms with E-state index >= 15 is 0 Å². The van der Waals surface area contributed by atoms with Crippen molar-refractivity contribution in [3.05, 3.63) is 29.8 Å². The van der Waals surface area contributed by atoms with Gasteiger partial charge in [0.2, 0.25) is 5.91 Å². The standard InChI is InChI=1S/C20H32N2O3/c1-21-13-6-4-5-8-19(21)20(23)22(14-7-15-24-2)16-17-9-11-18(25-3)12-10-17/h9-12,19H,4-8,13-16H2,1-3H3. The van der Waals surface area contributed by atoms with E-state index in [-0.39, 0.29) is 11.9 Å². The Hall–Kier alpha value is -1.59. The Balaban J connectivity index is 2.08. The third-order valence-electron chi connectivity index (χ3n) is 4.93. The van der Waals surface area contributed by atoms with Gasteiger partial charge in [-0.25, -0.2) is 0 Å². The van der Waals surface area contributed by atoms with Gasteiger partial charge in [-0.05, 0) is 50.6 Å². The molecule has 0 bridgehead atoms. The molecular weight excluding hydrogens is 316 g/mol. The first kappa shape index (κ1) is 19.7. The van der Waals surface area contributed by atoms with Crippen molar-refractivity contribution in [2.24, 2.45) is 0 Å². The molecule has 1 aliphatic rings. The van der Waals surface area contributed by atoms with Gasteiger partial charge in [0.15, 0.2) is 0 Å². The maximum atomic E-state index is 13.2. The number of likely N-dealkylation sites (N-methyl/N-ethyl adjacent to an activating group) is 1. The van der Waals surface area contributed by atoms with Gasteiger partial charge in [0, 0.05) is 26.8 Å². The fraction of sp³-hybridized carbons (Fsp3) is 0.650. The van der Waals surface area contributed by atoms with Gasteiger partial charge in [0.05, 0.1) is 13.2 Å². The molecule has 1 saturated heterocycles. The molecule has 140 valence electrons. The van der Waals surface area contributed by atoms with E-state index in [0.717, 1.165) is 43.7 Å². The minimum absolute atomic E-state index is 0.00305. The van der Waals surface area contributed by atoms with Gasteiger partial charge in [0.25, 0.3) is 0 Å². The summed E-state index contributed by atoms with van der Waals surface area (Å²) in [5, 5.41) is 0. The van der Waals surface area contributed by atoms with Crippen LogP contribution >= 0.6 is 0 Å². The lowest BCUT2D eigenvalue weighted by Gasteiger charge is -2.31. The van der Waals surface area contributed by atoms with Crippen LogP contribution in [0.15, 0.2) is 24.3 Å². The summed E-state index contributed by atoms with van der Waals surface area (Å²) in [6.45, 7) is 3.04. The van der Waals surface area contributed by atoms with Crippen molar-refractivity contribution in [1.82, 2.24) is 9.80 Å². The second kappa shape index (κ2) is 10.4. The van der Waals surface area contributed by atoms with Crippen molar-refractivity contribution in [2.75, 3.05) is 41.0 Å². The Morgan fingerprint density at radius 3 is 2.64 bits per heavy atom. The van der Waals surface area contributed by atoms with Crippen LogP contribution in [0.4, 0.5) is 0 Å². The molecule has 0 aliphatic carbocycles. The highest BCUT2D eigenvalue weighted by molar-refractivity contribution is 5.82. The zero-order chi connectivity index (χ0) is 18.1. The number of hydrogen-bond donors (Lipinski definition) is 0. The van der Waals surface area contributed by atoms with Gasteiger partial charge in [-0.3, -0.25) is 9.69 Å². The fourth-order valence-corrected chi connectivity index (χ4v) is 3.39. The van der Waals surface area contributed by atoms with Crippen molar-refractivity contribution in [3.8, 4) is 5.75 Å². The lowest BCUT2D eigenvalue weighted by molar-refractivity contribution is -0.137. The van der Waals surface area contributed by atoms with Crippen LogP contribution in [0.25, 0.3) is 0 Å². The van der Waals surface area contributed by atoms with Crippen molar-refractivity contribution in [2.45, 2.75) is 44.7 Å². The summed E-state index contributed by atoms with van der Waals surface area (Å²) in [5.41, 5.74) is 1.13. The van der Waals surface area contributed by atoms with E-state index in [9.17, 15) is 4.79 Å². The zero-order valence-corrected chi connectivity index (χ0v) is 15.9. The maximum Gasteiger partial charge on any atom is 0.240 e. The smallest absolute Gasteiger partial charge is 0.240 e. The number of carbonyl (C=O) groups excluding carboxylic acids is 1. The maximum absolute atomic E-state index is 13.2. The second-order valence-electron chi connectivity index (χ2n) is 6.80. The number of amides is 1. The summed E-state index contributed by atoms with van der Waals surface area (Å²) >= 11 is 0. The van der Waals surface area contributed by atoms with Crippen LogP contribution < -0.4 is 4.74 Å². The molecule has 1 atom stereocenters. The normalized spacial score (nSPS) is 18.6. The van der Waals surface area contributed by atoms with Gasteiger partial charge in [0.1, 0.15) is 5.75 Å². The summed E-state index contributed by atoms with van der Waals surface area (Å²) in [6.07, 6.45) is 5.35. The highest BCUT2D eigenvalue weighted by atomic mass is 16.5. The number of hydrogen-bond acceptors (Lipinski definition) is 4. The summed E-state index contributed by atoms with van der Waals surface area (Å²) in [4.78, 5) is 17.4. The van der Waals surface area contributed by atoms with E-state index in [2.05, 4.69) is 11.9 Å². The summed E-state index contributed by atoms with van der Waals surface area (Å²) in [7, 11) is 5.45. The number of likely N-dealkylation sites (tertiary alicyclic amines) is 1. The molecule has 1 unspecified atom stereocenters. The van der Waals surface area contributed by atoms with E-state index < -0.39 is 0 Å². The highest BCUT2D eigenvalue weighted by Gasteiger charge is 2.28. The lowest BCUT2D eigenvalue weighted by Crippen LogP contribution is -2.47. The second-order valence-corrected chi connectivity index (χ2v) is 6.80. The van der Waals surface area contributed by atoms with Crippen molar-refractivity contribution in [1.29, 1.82) is 0 Å². The number of ether oxygens (including phenoxy) is 2. The lowest BCUT2D eigenvalue weighted by atomic mass is 10.1. The Bertz CT molecular complexity index is 518. The van der Waals surface area contributed by atoms with E-state index in [4.69, 9.17) is 9.47 Å². The highest BCUT2D eigenvalue weighted by Crippen LogP contribution is 2.19. The molecule has 0 saturated carbocycles. The third-order valence-corrected chi connectivity index (χ3v) is 4.93. The molecule has 1 aromatic rings. The van der Waals surface area contributed by atoms with E-state index in [1.807, 2.05) is 29.2 Å². The van der Waals surface area contributed by atoms with E-state index in [0.29, 0.717) is 13.2 Å². The van der Waals surface area contributed by atoms with Crippen molar-refractivity contribution < 1.29 is 14.3 Å². The summed E-state index contributed by atoms with van der Waals surface area (Å²) in [5.74, 6) is 1.08. The molecule has 1 aromatic carbocycles. The van der Waals surface area contributed by atoms with Crippen LogP contribution in [0.2, 0.25) is 0 Å². The molecule has 5 nitrogen and oxygen atoms in total. The monoisotopic (exact) mass is 348 g/mol. The molecule has 1 fully saturated rings. The van der Waals surface area contributed by atoms with Crippen LogP contribution in [0.1, 0.15) is 37.7 Å². The van der Waals surface area contributed by atoms with Gasteiger partial charge in [-0.15, -0.1) is 0 Å². The van der Waals surface area contributed by atoms with E-state index in [1.165, 1.54) is 12.8 Å². The molecule has 0 radical (unpaired) electrons. The average Bonchev–Trinajstić information content (AvgIpc) is 2.85. The minimum atomic E-state index is 0.00305. The first-order valence-corrected chi connectivity index (χ1v) is 9.26. The molecular formula is C20H32N2O3. The first-order valence-electron chi connectivity index (χ1n) is 9.26. The molecule has 25 heavy (non-hydrogen) atoms. The molecule has 1 heterocycles. The number of rotatable bonds is 8. The topological polar surface area (TPSA) is 42.0 Å². The summed E-state index contributed by atoms with van der Waals surface area (Å²) < 4.78 is 10.4. The minimum Gasteiger partial charge on any atom is -0.497 e. The Labute approximate surface area is 151 Å². The van der Waals surface area contributed by atoms with Gasteiger partial charge >= 0.3 is 0 Å². The van der Waals surface area contributed by atoms with Crippen LogP contribution in [0, 0.1) is 0 Å². The fourth-order valence-electron chi connectivity index (χ4n) is 3.39. The van der Waals surface area contributed by atoms with Gasteiger partial charge in [-0.2, -0.15) is 0 Å². The molecule has 0 N–H and O–H groups in total. The van der Waals surface area contributed by atoms with Gasteiger partial charge < -0.3 is 14.4 Å². The number of benzene rings is 1. The number of methoxy groups -OCH3 is 2. The van der Waals surface area contributed by atoms with E-state index in [1.54, 1.807) is 14.2 Å². The van der Waals surface area contributed by atoms with Crippen molar-refractivity contribution in [3.63, 3.8) is 0 Å². The van der Waals surface area contributed by atoms with Gasteiger partial charge in [-0.1, -0.05) is 25.0 Å². The number of carbonyl (C=O) groups is 1. The average molecular weight is 348 g/mol. The van der Waals surface area contributed by atoms with Crippen LogP contribution in [-0.2, 0) is 16.1 Å². The molecule has 1 amide bonds. The first-order chi connectivity index (χ1) is 12.2. The molecule has 2 rings (SSSR count).